The first-order valence-electron chi connectivity index (χ1n) is 12.7. The molecule has 3 fully saturated rings. The van der Waals surface area contributed by atoms with Crippen LogP contribution in [0, 0.1) is 34.5 Å². The SMILES string of the molecule is C[C@]12Cc3cnn(-c4ccc(F)nc4)c3C=C1CC[C@@H]1[C@@H]2[C@@H](O)C[C@@]2(C)[C@H]1CC[C@]2(O)C(=O)SCF. The fourth-order valence-electron chi connectivity index (χ4n) is 8.39. The largest absolute Gasteiger partial charge is 0.393 e. The molecule has 3 saturated carbocycles. The summed E-state index contributed by atoms with van der Waals surface area (Å²) in [7, 11) is 0. The van der Waals surface area contributed by atoms with Gasteiger partial charge in [-0.25, -0.2) is 14.1 Å². The van der Waals surface area contributed by atoms with Gasteiger partial charge in [-0.2, -0.15) is 9.49 Å². The molecule has 0 spiro atoms. The lowest BCUT2D eigenvalue weighted by molar-refractivity contribution is -0.173. The fraction of sp³-hybridized carbons (Fsp3) is 0.593. The predicted molar refractivity (Wildman–Crippen MR) is 132 cm³/mol. The number of aliphatic hydroxyl groups excluding tert-OH is 1. The number of carbonyl (C=O) groups is 1. The van der Waals surface area contributed by atoms with Crippen molar-refractivity contribution in [3.8, 4) is 5.69 Å². The number of fused-ring (bicyclic) bond motifs is 6. The Bertz CT molecular complexity index is 1250. The lowest BCUT2D eigenvalue weighted by Crippen LogP contribution is -2.61. The summed E-state index contributed by atoms with van der Waals surface area (Å²) in [5, 5.41) is 27.2. The Balaban J connectivity index is 1.35. The first kappa shape index (κ1) is 24.2. The third-order valence-corrected chi connectivity index (χ3v) is 10.8. The van der Waals surface area contributed by atoms with Crippen molar-refractivity contribution >= 4 is 23.0 Å². The van der Waals surface area contributed by atoms with E-state index in [0.29, 0.717) is 36.7 Å². The van der Waals surface area contributed by atoms with E-state index in [-0.39, 0.29) is 23.2 Å². The molecule has 2 aromatic rings. The first-order chi connectivity index (χ1) is 17.1. The smallest absolute Gasteiger partial charge is 0.223 e. The zero-order valence-electron chi connectivity index (χ0n) is 20.5. The minimum atomic E-state index is -1.61. The Morgan fingerprint density at radius 1 is 1.28 bits per heavy atom. The van der Waals surface area contributed by atoms with E-state index in [1.54, 1.807) is 10.7 Å². The molecule has 6 nitrogen and oxygen atoms in total. The summed E-state index contributed by atoms with van der Waals surface area (Å²) in [5.41, 5.74) is 1.35. The number of nitrogens with zero attached hydrogens (tertiary/aromatic N) is 3. The summed E-state index contributed by atoms with van der Waals surface area (Å²) in [6.07, 6.45) is 8.61. The number of aromatic nitrogens is 3. The number of alkyl halides is 1. The van der Waals surface area contributed by atoms with E-state index in [0.717, 1.165) is 30.5 Å². The average molecular weight is 516 g/mol. The Hall–Kier alpha value is -2.10. The van der Waals surface area contributed by atoms with Crippen LogP contribution in [-0.2, 0) is 11.2 Å². The number of hydrogen-bond donors (Lipinski definition) is 2. The summed E-state index contributed by atoms with van der Waals surface area (Å²) in [4.78, 5) is 16.6. The zero-order chi connectivity index (χ0) is 25.5. The van der Waals surface area contributed by atoms with Crippen LogP contribution in [0.1, 0.15) is 57.2 Å². The van der Waals surface area contributed by atoms with E-state index in [1.165, 1.54) is 17.8 Å². The quantitative estimate of drug-likeness (QED) is 0.587. The molecule has 4 aliphatic carbocycles. The Kier molecular flexibility index (Phi) is 5.52. The van der Waals surface area contributed by atoms with Gasteiger partial charge in [-0.3, -0.25) is 4.79 Å². The van der Waals surface area contributed by atoms with Crippen LogP contribution < -0.4 is 0 Å². The van der Waals surface area contributed by atoms with Gasteiger partial charge in [0.15, 0.2) is 0 Å². The Morgan fingerprint density at radius 2 is 2.08 bits per heavy atom. The van der Waals surface area contributed by atoms with E-state index in [4.69, 9.17) is 0 Å². The highest BCUT2D eigenvalue weighted by molar-refractivity contribution is 8.13. The molecular weight excluding hydrogens is 484 g/mol. The molecule has 0 bridgehead atoms. The van der Waals surface area contributed by atoms with Gasteiger partial charge >= 0.3 is 0 Å². The van der Waals surface area contributed by atoms with Gasteiger partial charge in [0.05, 0.1) is 29.9 Å². The standard InChI is InChI=1S/C27H31F2N3O3S/c1-25-10-15-12-31-32(17-4-6-22(29)30-13-17)20(15)9-16(25)3-5-18-19-7-8-27(35,24(34)36-14-28)26(19,2)11-21(33)23(18)25/h4,6,9,12-13,18-19,21,23,33,35H,3,5,7-8,10-11,14H2,1-2H3/t18-,19-,21-,23+,25-,26-,27-/m0/s1. The van der Waals surface area contributed by atoms with Crippen LogP contribution in [0.2, 0.25) is 0 Å². The maximum Gasteiger partial charge on any atom is 0.223 e. The molecule has 0 saturated heterocycles. The lowest BCUT2D eigenvalue weighted by Gasteiger charge is -2.60. The van der Waals surface area contributed by atoms with Crippen LogP contribution in [0.15, 0.2) is 30.1 Å². The fourth-order valence-corrected chi connectivity index (χ4v) is 9.07. The average Bonchev–Trinajstić information content (AvgIpc) is 3.35. The van der Waals surface area contributed by atoms with Crippen molar-refractivity contribution < 1.29 is 23.8 Å². The Morgan fingerprint density at radius 3 is 2.81 bits per heavy atom. The van der Waals surface area contributed by atoms with Crippen LogP contribution in [0.25, 0.3) is 11.8 Å². The number of carbonyl (C=O) groups excluding carboxylic acids is 1. The van der Waals surface area contributed by atoms with Crippen molar-refractivity contribution in [3.63, 3.8) is 0 Å². The highest BCUT2D eigenvalue weighted by atomic mass is 32.2. The molecule has 7 atom stereocenters. The molecule has 0 radical (unpaired) electrons. The molecular formula is C27H31F2N3O3S. The number of pyridine rings is 1. The van der Waals surface area contributed by atoms with Crippen LogP contribution >= 0.6 is 11.8 Å². The van der Waals surface area contributed by atoms with Crippen LogP contribution in [0.5, 0.6) is 0 Å². The molecule has 6 rings (SSSR count). The summed E-state index contributed by atoms with van der Waals surface area (Å²) < 4.78 is 28.1. The topological polar surface area (TPSA) is 88.2 Å². The van der Waals surface area contributed by atoms with Crippen LogP contribution in [-0.4, -0.2) is 47.8 Å². The van der Waals surface area contributed by atoms with Gasteiger partial charge in [0.2, 0.25) is 11.1 Å². The molecule has 4 aliphatic rings. The second-order valence-electron chi connectivity index (χ2n) is 11.5. The number of halogens is 2. The number of aliphatic hydroxyl groups is 2. The molecule has 0 aromatic carbocycles. The number of hydrogen-bond acceptors (Lipinski definition) is 6. The molecule has 0 amide bonds. The van der Waals surface area contributed by atoms with Gasteiger partial charge in [-0.15, -0.1) is 0 Å². The highest BCUT2D eigenvalue weighted by Gasteiger charge is 2.68. The van der Waals surface area contributed by atoms with Crippen molar-refractivity contribution in [3.05, 3.63) is 47.3 Å². The molecule has 9 heteroatoms. The summed E-state index contributed by atoms with van der Waals surface area (Å²) in [6, 6.07) is 2.13. The van der Waals surface area contributed by atoms with Gasteiger partial charge in [0.25, 0.3) is 0 Å². The summed E-state index contributed by atoms with van der Waals surface area (Å²) >= 11 is 0.542. The summed E-state index contributed by atoms with van der Waals surface area (Å²) in [6.45, 7) is 4.15. The highest BCUT2D eigenvalue weighted by Crippen LogP contribution is 2.68. The minimum Gasteiger partial charge on any atom is -0.393 e. The second-order valence-corrected chi connectivity index (χ2v) is 12.4. The van der Waals surface area contributed by atoms with Gasteiger partial charge < -0.3 is 10.2 Å². The monoisotopic (exact) mass is 515 g/mol. The molecule has 2 heterocycles. The van der Waals surface area contributed by atoms with Gasteiger partial charge in [0, 0.05) is 5.41 Å². The van der Waals surface area contributed by atoms with Crippen molar-refractivity contribution in [2.24, 2.45) is 28.6 Å². The predicted octanol–water partition coefficient (Wildman–Crippen LogP) is 4.48. The van der Waals surface area contributed by atoms with E-state index in [1.807, 2.05) is 13.1 Å². The van der Waals surface area contributed by atoms with Crippen molar-refractivity contribution in [2.75, 3.05) is 6.01 Å². The van der Waals surface area contributed by atoms with E-state index < -0.39 is 34.2 Å². The van der Waals surface area contributed by atoms with Gasteiger partial charge in [-0.1, -0.05) is 31.2 Å². The maximum atomic E-state index is 13.4. The molecule has 0 unspecified atom stereocenters. The molecule has 0 aliphatic heterocycles. The molecule has 2 aromatic heterocycles. The van der Waals surface area contributed by atoms with Crippen molar-refractivity contribution in [1.82, 2.24) is 14.8 Å². The van der Waals surface area contributed by atoms with E-state index >= 15 is 0 Å². The van der Waals surface area contributed by atoms with Crippen LogP contribution in [0.4, 0.5) is 8.78 Å². The van der Waals surface area contributed by atoms with E-state index in [9.17, 15) is 23.8 Å². The van der Waals surface area contributed by atoms with Gasteiger partial charge in [0.1, 0.15) is 11.6 Å². The Labute approximate surface area is 213 Å². The number of thioether (sulfide) groups is 1. The normalized spacial score (nSPS) is 39.0. The summed E-state index contributed by atoms with van der Waals surface area (Å²) in [5.74, 6) is -0.291. The minimum absolute atomic E-state index is 0.00848. The van der Waals surface area contributed by atoms with Crippen molar-refractivity contribution in [2.45, 2.75) is 64.1 Å². The maximum absolute atomic E-state index is 13.4. The lowest BCUT2D eigenvalue weighted by atomic mass is 9.45. The third-order valence-electron chi connectivity index (χ3n) is 10.1. The molecule has 36 heavy (non-hydrogen) atoms. The molecule has 2 N–H and O–H groups in total. The number of rotatable bonds is 3. The number of allylic oxidation sites excluding steroid dienone is 1. The van der Waals surface area contributed by atoms with Crippen LogP contribution in [0.3, 0.4) is 0 Å². The van der Waals surface area contributed by atoms with E-state index in [2.05, 4.69) is 23.1 Å². The molecule has 192 valence electrons. The van der Waals surface area contributed by atoms with Gasteiger partial charge in [-0.05, 0) is 85.5 Å². The van der Waals surface area contributed by atoms with Crippen molar-refractivity contribution in [1.29, 1.82) is 0 Å². The first-order valence-corrected chi connectivity index (χ1v) is 13.6. The second kappa shape index (κ2) is 8.20. The third kappa shape index (κ3) is 3.18. The zero-order valence-corrected chi connectivity index (χ0v) is 21.3.